The largest absolute Gasteiger partial charge is 0.490 e. The van der Waals surface area contributed by atoms with Gasteiger partial charge in [0.25, 0.3) is 0 Å². The van der Waals surface area contributed by atoms with E-state index < -0.39 is 0 Å². The molecule has 0 saturated carbocycles. The van der Waals surface area contributed by atoms with Crippen LogP contribution in [0.15, 0.2) is 12.1 Å². The summed E-state index contributed by atoms with van der Waals surface area (Å²) in [5, 5.41) is 3.25. The van der Waals surface area contributed by atoms with Crippen molar-refractivity contribution >= 4 is 0 Å². The van der Waals surface area contributed by atoms with Crippen molar-refractivity contribution < 1.29 is 4.74 Å². The molecule has 1 aromatic rings. The number of ether oxygens (including phenoxy) is 1. The van der Waals surface area contributed by atoms with Gasteiger partial charge in [-0.15, -0.1) is 0 Å². The lowest BCUT2D eigenvalue weighted by Crippen LogP contribution is -2.23. The summed E-state index contributed by atoms with van der Waals surface area (Å²) in [6.07, 6.45) is 1.23. The van der Waals surface area contributed by atoms with Gasteiger partial charge >= 0.3 is 0 Å². The molecule has 0 unspecified atom stereocenters. The van der Waals surface area contributed by atoms with Gasteiger partial charge in [-0.3, -0.25) is 0 Å². The molecule has 1 N–H and O–H groups in total. The van der Waals surface area contributed by atoms with E-state index in [1.165, 1.54) is 16.7 Å². The quantitative estimate of drug-likeness (QED) is 0.841. The molecule has 2 heteroatoms. The fraction of sp³-hybridized carbons (Fsp3) is 0.700. The van der Waals surface area contributed by atoms with Crippen molar-refractivity contribution in [1.29, 1.82) is 0 Å². The van der Waals surface area contributed by atoms with Crippen LogP contribution in [0, 0.1) is 0 Å². The Labute approximate surface area is 137 Å². The van der Waals surface area contributed by atoms with E-state index in [0.29, 0.717) is 0 Å². The Balaban J connectivity index is 3.54. The second-order valence-corrected chi connectivity index (χ2v) is 8.54. The fourth-order valence-corrected chi connectivity index (χ4v) is 2.58. The normalized spacial score (nSPS) is 12.8. The van der Waals surface area contributed by atoms with Crippen molar-refractivity contribution in [2.24, 2.45) is 0 Å². The zero-order valence-electron chi connectivity index (χ0n) is 16.1. The summed E-state index contributed by atoms with van der Waals surface area (Å²) in [4.78, 5) is 0. The van der Waals surface area contributed by atoms with Gasteiger partial charge in [0.05, 0.1) is 6.10 Å². The first-order valence-corrected chi connectivity index (χ1v) is 8.46. The maximum atomic E-state index is 6.27. The molecule has 0 spiro atoms. The SMILES string of the molecule is CNCCc1cc(C(C)(C)C)c(OC(C)C)c(C(C)(C)C)c1. The Morgan fingerprint density at radius 2 is 1.41 bits per heavy atom. The van der Waals surface area contributed by atoms with E-state index in [2.05, 4.69) is 72.8 Å². The third kappa shape index (κ3) is 5.01. The van der Waals surface area contributed by atoms with Crippen molar-refractivity contribution in [3.05, 3.63) is 28.8 Å². The second kappa shape index (κ2) is 7.04. The zero-order chi connectivity index (χ0) is 17.1. The zero-order valence-corrected chi connectivity index (χ0v) is 16.1. The highest BCUT2D eigenvalue weighted by atomic mass is 16.5. The molecule has 22 heavy (non-hydrogen) atoms. The van der Waals surface area contributed by atoms with Crippen LogP contribution in [0.3, 0.4) is 0 Å². The summed E-state index contributed by atoms with van der Waals surface area (Å²) in [5.41, 5.74) is 4.17. The lowest BCUT2D eigenvalue weighted by molar-refractivity contribution is 0.230. The summed E-state index contributed by atoms with van der Waals surface area (Å²) in [7, 11) is 2.01. The monoisotopic (exact) mass is 305 g/mol. The van der Waals surface area contributed by atoms with Gasteiger partial charge in [0.1, 0.15) is 5.75 Å². The van der Waals surface area contributed by atoms with Gasteiger partial charge in [-0.25, -0.2) is 0 Å². The minimum absolute atomic E-state index is 0.0693. The van der Waals surface area contributed by atoms with Gasteiger partial charge in [0.15, 0.2) is 0 Å². The molecule has 2 nitrogen and oxygen atoms in total. The Kier molecular flexibility index (Phi) is 6.09. The predicted octanol–water partition coefficient (Wildman–Crippen LogP) is 4.83. The first kappa shape index (κ1) is 19.0. The van der Waals surface area contributed by atoms with Crippen LogP contribution in [0.1, 0.15) is 72.1 Å². The van der Waals surface area contributed by atoms with E-state index in [0.717, 1.165) is 18.7 Å². The van der Waals surface area contributed by atoms with Crippen molar-refractivity contribution in [1.82, 2.24) is 5.32 Å². The van der Waals surface area contributed by atoms with E-state index in [4.69, 9.17) is 4.74 Å². The summed E-state index contributed by atoms with van der Waals surface area (Å²) in [6.45, 7) is 18.8. The molecule has 0 aliphatic carbocycles. The molecular formula is C20H35NO. The van der Waals surface area contributed by atoms with Gasteiger partial charge in [0.2, 0.25) is 0 Å². The number of benzene rings is 1. The van der Waals surface area contributed by atoms with Gasteiger partial charge in [0, 0.05) is 11.1 Å². The lowest BCUT2D eigenvalue weighted by Gasteiger charge is -2.31. The molecule has 0 amide bonds. The molecular weight excluding hydrogens is 270 g/mol. The third-order valence-corrected chi connectivity index (χ3v) is 3.78. The van der Waals surface area contributed by atoms with Gasteiger partial charge < -0.3 is 10.1 Å². The maximum absolute atomic E-state index is 6.27. The average Bonchev–Trinajstić information content (AvgIpc) is 2.33. The van der Waals surface area contributed by atoms with Crippen LogP contribution >= 0.6 is 0 Å². The maximum Gasteiger partial charge on any atom is 0.127 e. The van der Waals surface area contributed by atoms with E-state index in [1.54, 1.807) is 0 Å². The number of hydrogen-bond donors (Lipinski definition) is 1. The highest BCUT2D eigenvalue weighted by molar-refractivity contribution is 5.51. The lowest BCUT2D eigenvalue weighted by atomic mass is 9.78. The summed E-state index contributed by atoms with van der Waals surface area (Å²) in [5.74, 6) is 1.09. The van der Waals surface area contributed by atoms with Crippen LogP contribution in [0.2, 0.25) is 0 Å². The van der Waals surface area contributed by atoms with E-state index in [1.807, 2.05) is 7.05 Å². The molecule has 1 rings (SSSR count). The molecule has 0 aliphatic rings. The van der Waals surface area contributed by atoms with Gasteiger partial charge in [-0.2, -0.15) is 0 Å². The highest BCUT2D eigenvalue weighted by Gasteiger charge is 2.28. The Morgan fingerprint density at radius 1 is 0.955 bits per heavy atom. The number of hydrogen-bond acceptors (Lipinski definition) is 2. The molecule has 0 saturated heterocycles. The third-order valence-electron chi connectivity index (χ3n) is 3.78. The first-order valence-electron chi connectivity index (χ1n) is 8.46. The molecule has 1 aromatic carbocycles. The van der Waals surface area contributed by atoms with Crippen molar-refractivity contribution in [3.8, 4) is 5.75 Å². The topological polar surface area (TPSA) is 21.3 Å². The van der Waals surface area contributed by atoms with E-state index >= 15 is 0 Å². The van der Waals surface area contributed by atoms with Crippen LogP contribution in [-0.2, 0) is 17.3 Å². The molecule has 0 bridgehead atoms. The van der Waals surface area contributed by atoms with Crippen LogP contribution in [0.5, 0.6) is 5.75 Å². The fourth-order valence-electron chi connectivity index (χ4n) is 2.58. The predicted molar refractivity (Wildman–Crippen MR) is 97.2 cm³/mol. The molecule has 0 fully saturated rings. The molecule has 0 aromatic heterocycles. The first-order chi connectivity index (χ1) is 9.96. The highest BCUT2D eigenvalue weighted by Crippen LogP contribution is 2.41. The standard InChI is InChI=1S/C20H35NO/c1-14(2)22-18-16(19(3,4)5)12-15(10-11-21-9)13-17(18)20(6,7)8/h12-14,21H,10-11H2,1-9H3. The number of likely N-dealkylation sites (N-methyl/N-ethyl adjacent to an activating group) is 1. The van der Waals surface area contributed by atoms with Crippen LogP contribution in [0.25, 0.3) is 0 Å². The molecule has 0 atom stereocenters. The minimum atomic E-state index is 0.0693. The summed E-state index contributed by atoms with van der Waals surface area (Å²) in [6, 6.07) is 4.68. The Bertz CT molecular complexity index is 454. The molecule has 0 radical (unpaired) electrons. The van der Waals surface area contributed by atoms with Gasteiger partial charge in [-0.05, 0) is 50.3 Å². The van der Waals surface area contributed by atoms with Crippen molar-refractivity contribution in [2.75, 3.05) is 13.6 Å². The summed E-state index contributed by atoms with van der Waals surface area (Å²) >= 11 is 0. The smallest absolute Gasteiger partial charge is 0.127 e. The van der Waals surface area contributed by atoms with Crippen LogP contribution in [-0.4, -0.2) is 19.7 Å². The van der Waals surface area contributed by atoms with E-state index in [9.17, 15) is 0 Å². The molecule has 0 heterocycles. The Hall–Kier alpha value is -1.02. The van der Waals surface area contributed by atoms with E-state index in [-0.39, 0.29) is 16.9 Å². The molecule has 126 valence electrons. The second-order valence-electron chi connectivity index (χ2n) is 8.54. The Morgan fingerprint density at radius 3 is 1.73 bits per heavy atom. The van der Waals surface area contributed by atoms with Crippen LogP contribution in [0.4, 0.5) is 0 Å². The summed E-state index contributed by atoms with van der Waals surface area (Å²) < 4.78 is 6.27. The minimum Gasteiger partial charge on any atom is -0.490 e. The number of nitrogens with one attached hydrogen (secondary N) is 1. The molecule has 0 aliphatic heterocycles. The van der Waals surface area contributed by atoms with Crippen molar-refractivity contribution in [3.63, 3.8) is 0 Å². The van der Waals surface area contributed by atoms with Gasteiger partial charge in [-0.1, -0.05) is 53.7 Å². The van der Waals surface area contributed by atoms with Crippen molar-refractivity contribution in [2.45, 2.75) is 78.7 Å². The average molecular weight is 306 g/mol. The number of rotatable bonds is 5. The van der Waals surface area contributed by atoms with Crippen LogP contribution < -0.4 is 10.1 Å².